The first-order valence-corrected chi connectivity index (χ1v) is 6.39. The molecule has 1 amide bonds. The van der Waals surface area contributed by atoms with Gasteiger partial charge in [0.05, 0.1) is 10.6 Å². The SMILES string of the molecule is NC(=O)c1ccc(OCC2(N)CCCC2)c(Cl)c1. The topological polar surface area (TPSA) is 78.3 Å². The third kappa shape index (κ3) is 2.94. The summed E-state index contributed by atoms with van der Waals surface area (Å²) in [5.74, 6) is 0.0351. The molecule has 1 aromatic rings. The van der Waals surface area contributed by atoms with Gasteiger partial charge in [-0.05, 0) is 31.0 Å². The summed E-state index contributed by atoms with van der Waals surface area (Å²) in [6.07, 6.45) is 4.25. The van der Waals surface area contributed by atoms with Crippen LogP contribution in [0.5, 0.6) is 5.75 Å². The Balaban J connectivity index is 2.03. The van der Waals surface area contributed by atoms with Gasteiger partial charge in [0.1, 0.15) is 12.4 Å². The zero-order chi connectivity index (χ0) is 13.2. The maximum absolute atomic E-state index is 11.0. The van der Waals surface area contributed by atoms with Crippen LogP contribution in [0.25, 0.3) is 0 Å². The van der Waals surface area contributed by atoms with E-state index in [0.29, 0.717) is 22.9 Å². The molecule has 1 fully saturated rings. The Labute approximate surface area is 111 Å². The van der Waals surface area contributed by atoms with Crippen LogP contribution in [-0.4, -0.2) is 18.1 Å². The first kappa shape index (κ1) is 13.2. The minimum atomic E-state index is -0.505. The molecule has 0 atom stereocenters. The summed E-state index contributed by atoms with van der Waals surface area (Å²) in [7, 11) is 0. The zero-order valence-electron chi connectivity index (χ0n) is 10.1. The Bertz CT molecular complexity index is 456. The third-order valence-electron chi connectivity index (χ3n) is 3.33. The summed E-state index contributed by atoms with van der Waals surface area (Å²) in [6.45, 7) is 0.447. The molecule has 1 aliphatic carbocycles. The molecule has 4 N–H and O–H groups in total. The molecule has 1 aliphatic rings. The van der Waals surface area contributed by atoms with E-state index in [9.17, 15) is 4.79 Å². The highest BCUT2D eigenvalue weighted by Gasteiger charge is 2.30. The molecule has 0 bridgehead atoms. The summed E-state index contributed by atoms with van der Waals surface area (Å²) in [5, 5.41) is 0.382. The van der Waals surface area contributed by atoms with Crippen LogP contribution in [0.4, 0.5) is 0 Å². The van der Waals surface area contributed by atoms with E-state index < -0.39 is 5.91 Å². The van der Waals surface area contributed by atoms with Gasteiger partial charge in [-0.1, -0.05) is 24.4 Å². The van der Waals surface area contributed by atoms with Crippen molar-refractivity contribution >= 4 is 17.5 Å². The number of carbonyl (C=O) groups excluding carboxylic acids is 1. The molecular weight excluding hydrogens is 252 g/mol. The van der Waals surface area contributed by atoms with E-state index in [4.69, 9.17) is 27.8 Å². The Morgan fingerprint density at radius 2 is 2.06 bits per heavy atom. The van der Waals surface area contributed by atoms with Crippen molar-refractivity contribution in [2.24, 2.45) is 11.5 Å². The molecule has 0 radical (unpaired) electrons. The first-order chi connectivity index (χ1) is 8.50. The highest BCUT2D eigenvalue weighted by atomic mass is 35.5. The van der Waals surface area contributed by atoms with Gasteiger partial charge in [-0.15, -0.1) is 0 Å². The normalized spacial score (nSPS) is 17.7. The van der Waals surface area contributed by atoms with Gasteiger partial charge in [0.15, 0.2) is 0 Å². The quantitative estimate of drug-likeness (QED) is 0.878. The Morgan fingerprint density at radius 3 is 2.61 bits per heavy atom. The fourth-order valence-corrected chi connectivity index (χ4v) is 2.45. The van der Waals surface area contributed by atoms with Crippen molar-refractivity contribution in [2.75, 3.05) is 6.61 Å². The van der Waals surface area contributed by atoms with Crippen LogP contribution >= 0.6 is 11.6 Å². The number of benzene rings is 1. The van der Waals surface area contributed by atoms with Gasteiger partial charge in [0, 0.05) is 5.56 Å². The predicted molar refractivity (Wildman–Crippen MR) is 70.9 cm³/mol. The predicted octanol–water partition coefficient (Wildman–Crippen LogP) is 2.09. The minimum absolute atomic E-state index is 0.244. The van der Waals surface area contributed by atoms with E-state index in [1.54, 1.807) is 12.1 Å². The maximum atomic E-state index is 11.0. The van der Waals surface area contributed by atoms with Crippen LogP contribution in [0.15, 0.2) is 18.2 Å². The standard InChI is InChI=1S/C13H17ClN2O2/c14-10-7-9(12(15)17)3-4-11(10)18-8-13(16)5-1-2-6-13/h3-4,7H,1-2,5-6,8,16H2,(H2,15,17). The lowest BCUT2D eigenvalue weighted by atomic mass is 10.0. The maximum Gasteiger partial charge on any atom is 0.248 e. The second kappa shape index (κ2) is 5.16. The van der Waals surface area contributed by atoms with Crippen molar-refractivity contribution in [2.45, 2.75) is 31.2 Å². The number of primary amides is 1. The number of nitrogens with two attached hydrogens (primary N) is 2. The summed E-state index contributed by atoms with van der Waals surface area (Å²) >= 11 is 6.03. The lowest BCUT2D eigenvalue weighted by Gasteiger charge is -2.23. The van der Waals surface area contributed by atoms with E-state index in [2.05, 4.69) is 0 Å². The van der Waals surface area contributed by atoms with Crippen LogP contribution in [0.1, 0.15) is 36.0 Å². The van der Waals surface area contributed by atoms with Crippen LogP contribution in [0.3, 0.4) is 0 Å². The van der Waals surface area contributed by atoms with E-state index in [1.165, 1.54) is 6.07 Å². The van der Waals surface area contributed by atoms with Crippen LogP contribution in [0.2, 0.25) is 5.02 Å². The fourth-order valence-electron chi connectivity index (χ4n) is 2.22. The average molecular weight is 269 g/mol. The Morgan fingerprint density at radius 1 is 1.39 bits per heavy atom. The third-order valence-corrected chi connectivity index (χ3v) is 3.63. The monoisotopic (exact) mass is 268 g/mol. The van der Waals surface area contributed by atoms with Crippen molar-refractivity contribution in [1.82, 2.24) is 0 Å². The highest BCUT2D eigenvalue weighted by molar-refractivity contribution is 6.32. The van der Waals surface area contributed by atoms with Gasteiger partial charge in [-0.3, -0.25) is 4.79 Å². The second-order valence-electron chi connectivity index (χ2n) is 4.87. The van der Waals surface area contributed by atoms with Crippen molar-refractivity contribution in [3.05, 3.63) is 28.8 Å². The Hall–Kier alpha value is -1.26. The lowest BCUT2D eigenvalue weighted by molar-refractivity contribution is 0.1000. The van der Waals surface area contributed by atoms with Crippen molar-refractivity contribution in [3.63, 3.8) is 0 Å². The van der Waals surface area contributed by atoms with Gasteiger partial charge in [0.2, 0.25) is 5.91 Å². The molecular formula is C13H17ClN2O2. The van der Waals surface area contributed by atoms with Gasteiger partial charge in [-0.25, -0.2) is 0 Å². The summed E-state index contributed by atoms with van der Waals surface area (Å²) in [6, 6.07) is 4.76. The number of amides is 1. The summed E-state index contributed by atoms with van der Waals surface area (Å²) < 4.78 is 5.65. The molecule has 98 valence electrons. The molecule has 0 heterocycles. The number of hydrogen-bond acceptors (Lipinski definition) is 3. The van der Waals surface area contributed by atoms with Crippen molar-refractivity contribution < 1.29 is 9.53 Å². The molecule has 0 saturated heterocycles. The Kier molecular flexibility index (Phi) is 3.78. The van der Waals surface area contributed by atoms with Crippen LogP contribution in [-0.2, 0) is 0 Å². The zero-order valence-corrected chi connectivity index (χ0v) is 10.9. The van der Waals surface area contributed by atoms with Crippen LogP contribution in [0, 0.1) is 0 Å². The average Bonchev–Trinajstić information content (AvgIpc) is 2.75. The highest BCUT2D eigenvalue weighted by Crippen LogP contribution is 2.30. The van der Waals surface area contributed by atoms with Crippen molar-refractivity contribution in [1.29, 1.82) is 0 Å². The smallest absolute Gasteiger partial charge is 0.248 e. The molecule has 0 aliphatic heterocycles. The number of carbonyl (C=O) groups is 1. The largest absolute Gasteiger partial charge is 0.490 e. The summed E-state index contributed by atoms with van der Waals surface area (Å²) in [5.41, 5.74) is 11.5. The molecule has 1 aromatic carbocycles. The van der Waals surface area contributed by atoms with Gasteiger partial charge < -0.3 is 16.2 Å². The minimum Gasteiger partial charge on any atom is -0.490 e. The molecule has 0 aromatic heterocycles. The van der Waals surface area contributed by atoms with Gasteiger partial charge in [-0.2, -0.15) is 0 Å². The number of rotatable bonds is 4. The van der Waals surface area contributed by atoms with Gasteiger partial charge >= 0.3 is 0 Å². The lowest BCUT2D eigenvalue weighted by Crippen LogP contribution is -2.42. The molecule has 4 nitrogen and oxygen atoms in total. The number of halogens is 1. The molecule has 5 heteroatoms. The van der Waals surface area contributed by atoms with E-state index >= 15 is 0 Å². The van der Waals surface area contributed by atoms with E-state index in [1.807, 2.05) is 0 Å². The molecule has 0 spiro atoms. The fraction of sp³-hybridized carbons (Fsp3) is 0.462. The number of ether oxygens (including phenoxy) is 1. The molecule has 18 heavy (non-hydrogen) atoms. The second-order valence-corrected chi connectivity index (χ2v) is 5.27. The molecule has 2 rings (SSSR count). The van der Waals surface area contributed by atoms with Gasteiger partial charge in [0.25, 0.3) is 0 Å². The van der Waals surface area contributed by atoms with E-state index in [-0.39, 0.29) is 5.54 Å². The van der Waals surface area contributed by atoms with E-state index in [0.717, 1.165) is 25.7 Å². The molecule has 0 unspecified atom stereocenters. The number of hydrogen-bond donors (Lipinski definition) is 2. The first-order valence-electron chi connectivity index (χ1n) is 6.01. The molecule has 1 saturated carbocycles. The summed E-state index contributed by atoms with van der Waals surface area (Å²) in [4.78, 5) is 11.0. The van der Waals surface area contributed by atoms with Crippen LogP contribution < -0.4 is 16.2 Å². The van der Waals surface area contributed by atoms with Crippen molar-refractivity contribution in [3.8, 4) is 5.75 Å².